The summed E-state index contributed by atoms with van der Waals surface area (Å²) in [6.07, 6.45) is -0.0863. The molecule has 2 N–H and O–H groups in total. The van der Waals surface area contributed by atoms with Gasteiger partial charge >= 0.3 is 6.18 Å². The second kappa shape index (κ2) is 11.6. The summed E-state index contributed by atoms with van der Waals surface area (Å²) in [5, 5.41) is 6.39. The lowest BCUT2D eigenvalue weighted by Crippen LogP contribution is -2.45. The van der Waals surface area contributed by atoms with Crippen LogP contribution in [0.15, 0.2) is 23.3 Å². The molecule has 1 saturated carbocycles. The molecule has 0 saturated heterocycles. The first-order valence-electron chi connectivity index (χ1n) is 9.04. The van der Waals surface area contributed by atoms with E-state index in [0.29, 0.717) is 37.8 Å². The van der Waals surface area contributed by atoms with Crippen molar-refractivity contribution in [2.45, 2.75) is 57.8 Å². The highest BCUT2D eigenvalue weighted by Crippen LogP contribution is 2.37. The first-order valence-corrected chi connectivity index (χ1v) is 9.04. The molecule has 0 amide bonds. The Morgan fingerprint density at radius 3 is 2.48 bits per heavy atom. The van der Waals surface area contributed by atoms with Gasteiger partial charge in [-0.1, -0.05) is 13.0 Å². The SMILES string of the molecule is CCCOc1ccc(CNC(=NC)NC2CCC(C(F)(F)F)CC2)cn1.I. The van der Waals surface area contributed by atoms with Crippen molar-refractivity contribution in [1.82, 2.24) is 15.6 Å². The Balaban J connectivity index is 0.00000364. The minimum absolute atomic E-state index is 0. The van der Waals surface area contributed by atoms with Gasteiger partial charge in [0.15, 0.2) is 5.96 Å². The van der Waals surface area contributed by atoms with E-state index in [0.717, 1.165) is 12.0 Å². The Kier molecular flexibility index (Phi) is 10.2. The van der Waals surface area contributed by atoms with Gasteiger partial charge in [-0.2, -0.15) is 13.2 Å². The monoisotopic (exact) mass is 500 g/mol. The molecule has 0 aromatic carbocycles. The van der Waals surface area contributed by atoms with Gasteiger partial charge in [0.25, 0.3) is 0 Å². The summed E-state index contributed by atoms with van der Waals surface area (Å²) in [5.41, 5.74) is 0.970. The molecule has 0 aliphatic heterocycles. The molecule has 0 spiro atoms. The van der Waals surface area contributed by atoms with Crippen LogP contribution in [0.3, 0.4) is 0 Å². The van der Waals surface area contributed by atoms with Crippen LogP contribution in [-0.2, 0) is 6.54 Å². The van der Waals surface area contributed by atoms with Gasteiger partial charge in [0, 0.05) is 31.9 Å². The molecule has 5 nitrogen and oxygen atoms in total. The first-order chi connectivity index (χ1) is 12.4. The molecule has 154 valence electrons. The van der Waals surface area contributed by atoms with Crippen LogP contribution in [0.1, 0.15) is 44.6 Å². The molecular formula is C18H28F3IN4O. The maximum atomic E-state index is 12.7. The maximum absolute atomic E-state index is 12.7. The van der Waals surface area contributed by atoms with Crippen molar-refractivity contribution in [2.75, 3.05) is 13.7 Å². The Morgan fingerprint density at radius 2 is 1.96 bits per heavy atom. The van der Waals surface area contributed by atoms with Gasteiger partial charge in [-0.15, -0.1) is 24.0 Å². The zero-order chi connectivity index (χ0) is 19.0. The molecule has 0 atom stereocenters. The zero-order valence-corrected chi connectivity index (χ0v) is 18.0. The van der Waals surface area contributed by atoms with Gasteiger partial charge in [-0.25, -0.2) is 4.98 Å². The van der Waals surface area contributed by atoms with Crippen molar-refractivity contribution in [3.63, 3.8) is 0 Å². The van der Waals surface area contributed by atoms with Gasteiger partial charge < -0.3 is 15.4 Å². The number of aromatic nitrogens is 1. The van der Waals surface area contributed by atoms with E-state index in [1.807, 2.05) is 19.1 Å². The molecule has 0 unspecified atom stereocenters. The van der Waals surface area contributed by atoms with E-state index in [1.54, 1.807) is 13.2 Å². The quantitative estimate of drug-likeness (QED) is 0.348. The lowest BCUT2D eigenvalue weighted by molar-refractivity contribution is -0.182. The maximum Gasteiger partial charge on any atom is 0.391 e. The van der Waals surface area contributed by atoms with Gasteiger partial charge in [-0.3, -0.25) is 4.99 Å². The normalized spacial score (nSPS) is 20.6. The van der Waals surface area contributed by atoms with E-state index >= 15 is 0 Å². The zero-order valence-electron chi connectivity index (χ0n) is 15.7. The number of ether oxygens (including phenoxy) is 1. The molecule has 27 heavy (non-hydrogen) atoms. The molecule has 0 radical (unpaired) electrons. The Hall–Kier alpha value is -1.26. The predicted molar refractivity (Wildman–Crippen MR) is 111 cm³/mol. The molecular weight excluding hydrogens is 472 g/mol. The Bertz CT molecular complexity index is 573. The number of guanidine groups is 1. The highest BCUT2D eigenvalue weighted by molar-refractivity contribution is 14.0. The molecule has 1 aliphatic rings. The van der Waals surface area contributed by atoms with Crippen LogP contribution in [0.5, 0.6) is 5.88 Å². The molecule has 0 bridgehead atoms. The molecule has 2 rings (SSSR count). The summed E-state index contributed by atoms with van der Waals surface area (Å²) in [5.74, 6) is 0.0151. The van der Waals surface area contributed by atoms with Crippen LogP contribution in [0.4, 0.5) is 13.2 Å². The number of aliphatic imine (C=N–C) groups is 1. The van der Waals surface area contributed by atoms with Crippen molar-refractivity contribution in [1.29, 1.82) is 0 Å². The summed E-state index contributed by atoms with van der Waals surface area (Å²) in [4.78, 5) is 8.39. The summed E-state index contributed by atoms with van der Waals surface area (Å²) in [6, 6.07) is 3.76. The van der Waals surface area contributed by atoms with Crippen molar-refractivity contribution in [3.05, 3.63) is 23.9 Å². The second-order valence-electron chi connectivity index (χ2n) is 6.51. The number of nitrogens with one attached hydrogen (secondary N) is 2. The summed E-state index contributed by atoms with van der Waals surface area (Å²) in [6.45, 7) is 3.20. The van der Waals surface area contributed by atoms with Crippen LogP contribution >= 0.6 is 24.0 Å². The Labute approximate surface area is 175 Å². The van der Waals surface area contributed by atoms with E-state index in [9.17, 15) is 13.2 Å². The van der Waals surface area contributed by atoms with E-state index in [2.05, 4.69) is 20.6 Å². The average molecular weight is 500 g/mol. The number of halogens is 4. The molecule has 1 aliphatic carbocycles. The molecule has 1 heterocycles. The smallest absolute Gasteiger partial charge is 0.391 e. The summed E-state index contributed by atoms with van der Waals surface area (Å²) in [7, 11) is 1.65. The van der Waals surface area contributed by atoms with E-state index < -0.39 is 12.1 Å². The number of nitrogens with zero attached hydrogens (tertiary/aromatic N) is 2. The largest absolute Gasteiger partial charge is 0.478 e. The minimum Gasteiger partial charge on any atom is -0.478 e. The molecule has 1 aromatic rings. The van der Waals surface area contributed by atoms with Crippen molar-refractivity contribution >= 4 is 29.9 Å². The number of alkyl halides is 3. The van der Waals surface area contributed by atoms with Crippen LogP contribution in [0.2, 0.25) is 0 Å². The van der Waals surface area contributed by atoms with E-state index in [4.69, 9.17) is 4.74 Å². The third-order valence-corrected chi connectivity index (χ3v) is 4.47. The fourth-order valence-corrected chi connectivity index (χ4v) is 2.95. The van der Waals surface area contributed by atoms with E-state index in [1.165, 1.54) is 0 Å². The minimum atomic E-state index is -4.08. The topological polar surface area (TPSA) is 58.5 Å². The lowest BCUT2D eigenvalue weighted by Gasteiger charge is -2.31. The van der Waals surface area contributed by atoms with Gasteiger partial charge in [0.2, 0.25) is 5.88 Å². The average Bonchev–Trinajstić information content (AvgIpc) is 2.64. The van der Waals surface area contributed by atoms with Crippen molar-refractivity contribution < 1.29 is 17.9 Å². The van der Waals surface area contributed by atoms with E-state index in [-0.39, 0.29) is 42.9 Å². The molecule has 9 heteroatoms. The van der Waals surface area contributed by atoms with Crippen molar-refractivity contribution in [2.24, 2.45) is 10.9 Å². The molecule has 1 fully saturated rings. The third-order valence-electron chi connectivity index (χ3n) is 4.47. The van der Waals surface area contributed by atoms with Crippen LogP contribution in [0.25, 0.3) is 0 Å². The fourth-order valence-electron chi connectivity index (χ4n) is 2.95. The molecule has 1 aromatic heterocycles. The number of hydrogen-bond acceptors (Lipinski definition) is 3. The van der Waals surface area contributed by atoms with Gasteiger partial charge in [-0.05, 0) is 37.7 Å². The van der Waals surface area contributed by atoms with Gasteiger partial charge in [0.1, 0.15) is 0 Å². The Morgan fingerprint density at radius 1 is 1.26 bits per heavy atom. The number of pyridine rings is 1. The third kappa shape index (κ3) is 8.10. The van der Waals surface area contributed by atoms with Crippen molar-refractivity contribution in [3.8, 4) is 5.88 Å². The van der Waals surface area contributed by atoms with Crippen LogP contribution in [-0.4, -0.2) is 36.8 Å². The predicted octanol–water partition coefficient (Wildman–Crippen LogP) is 4.27. The van der Waals surface area contributed by atoms with Crippen LogP contribution in [0, 0.1) is 5.92 Å². The van der Waals surface area contributed by atoms with Gasteiger partial charge in [0.05, 0.1) is 12.5 Å². The standard InChI is InChI=1S/C18H27F3N4O.HI/c1-3-10-26-16-9-4-13(11-23-16)12-24-17(22-2)25-15-7-5-14(6-8-15)18(19,20)21;/h4,9,11,14-15H,3,5-8,10,12H2,1-2H3,(H2,22,24,25);1H. The summed E-state index contributed by atoms with van der Waals surface area (Å²) >= 11 is 0. The van der Waals surface area contributed by atoms with Crippen LogP contribution < -0.4 is 15.4 Å². The fraction of sp³-hybridized carbons (Fsp3) is 0.667. The number of hydrogen-bond donors (Lipinski definition) is 2. The highest BCUT2D eigenvalue weighted by Gasteiger charge is 2.41. The second-order valence-corrected chi connectivity index (χ2v) is 6.51. The highest BCUT2D eigenvalue weighted by atomic mass is 127. The number of rotatable bonds is 6. The summed E-state index contributed by atoms with van der Waals surface area (Å²) < 4.78 is 43.6. The lowest BCUT2D eigenvalue weighted by atomic mass is 9.85. The first kappa shape index (κ1) is 23.8.